The summed E-state index contributed by atoms with van der Waals surface area (Å²) in [5.41, 5.74) is 0. The van der Waals surface area contributed by atoms with Crippen LogP contribution in [-0.4, -0.2) is 58.2 Å². The van der Waals surface area contributed by atoms with Crippen LogP contribution < -0.4 is 10.6 Å². The average molecular weight is 278 g/mol. The molecule has 1 rings (SSSR count). The number of carbonyl (C=O) groups excluding carboxylic acids is 1. The zero-order valence-electron chi connectivity index (χ0n) is 10.9. The van der Waals surface area contributed by atoms with Crippen LogP contribution in [0.3, 0.4) is 0 Å². The number of rotatable bonds is 7. The molecule has 0 spiro atoms. The minimum atomic E-state index is -2.93. The third kappa shape index (κ3) is 4.91. The largest absolute Gasteiger partial charge is 0.383 e. The second kappa shape index (κ2) is 7.06. The van der Waals surface area contributed by atoms with Gasteiger partial charge in [-0.3, -0.25) is 4.79 Å². The molecule has 6 nitrogen and oxygen atoms in total. The smallest absolute Gasteiger partial charge is 0.234 e. The molecule has 2 N–H and O–H groups in total. The lowest BCUT2D eigenvalue weighted by atomic mass is 10.2. The Morgan fingerprint density at radius 2 is 2.22 bits per heavy atom. The Kier molecular flexibility index (Phi) is 6.04. The van der Waals surface area contributed by atoms with Gasteiger partial charge in [-0.05, 0) is 19.8 Å². The third-order valence-corrected chi connectivity index (χ3v) is 5.22. The second-order valence-electron chi connectivity index (χ2n) is 4.69. The molecule has 1 amide bonds. The van der Waals surface area contributed by atoms with Crippen molar-refractivity contribution in [1.29, 1.82) is 0 Å². The molecular weight excluding hydrogens is 256 g/mol. The summed E-state index contributed by atoms with van der Waals surface area (Å²) in [5, 5.41) is 5.32. The number of nitrogens with one attached hydrogen (secondary N) is 2. The van der Waals surface area contributed by atoms with Gasteiger partial charge >= 0.3 is 0 Å². The maximum absolute atomic E-state index is 11.5. The third-order valence-electron chi connectivity index (χ3n) is 2.94. The highest BCUT2D eigenvalue weighted by atomic mass is 32.2. The maximum atomic E-state index is 11.5. The highest BCUT2D eigenvalue weighted by molar-refractivity contribution is 7.92. The van der Waals surface area contributed by atoms with Crippen molar-refractivity contribution in [3.05, 3.63) is 0 Å². The summed E-state index contributed by atoms with van der Waals surface area (Å²) in [7, 11) is -1.36. The summed E-state index contributed by atoms with van der Waals surface area (Å²) >= 11 is 0. The molecule has 2 unspecified atom stereocenters. The Hall–Kier alpha value is -0.660. The van der Waals surface area contributed by atoms with Gasteiger partial charge in [0.25, 0.3) is 0 Å². The van der Waals surface area contributed by atoms with Crippen LogP contribution in [0.5, 0.6) is 0 Å². The minimum absolute atomic E-state index is 0.0421. The first-order chi connectivity index (χ1) is 8.45. The molecule has 0 radical (unpaired) electrons. The standard InChI is InChI=1S/C11H22N2O4S/c1-9(8-17-2)13-11(14)7-12-6-10-4-3-5-18(10,15)16/h9-10,12H,3-8H2,1-2H3,(H,13,14). The Morgan fingerprint density at radius 3 is 2.78 bits per heavy atom. The van der Waals surface area contributed by atoms with E-state index in [9.17, 15) is 13.2 Å². The molecule has 7 heteroatoms. The molecular formula is C11H22N2O4S. The van der Waals surface area contributed by atoms with Crippen LogP contribution in [0.1, 0.15) is 19.8 Å². The number of amides is 1. The molecule has 0 bridgehead atoms. The van der Waals surface area contributed by atoms with Crippen molar-refractivity contribution in [3.63, 3.8) is 0 Å². The van der Waals surface area contributed by atoms with Crippen LogP contribution in [0.15, 0.2) is 0 Å². The fourth-order valence-corrected chi connectivity index (χ4v) is 3.85. The van der Waals surface area contributed by atoms with E-state index < -0.39 is 9.84 Å². The monoisotopic (exact) mass is 278 g/mol. The van der Waals surface area contributed by atoms with Crippen molar-refractivity contribution in [3.8, 4) is 0 Å². The lowest BCUT2D eigenvalue weighted by Crippen LogP contribution is -2.42. The van der Waals surface area contributed by atoms with E-state index in [1.54, 1.807) is 7.11 Å². The van der Waals surface area contributed by atoms with E-state index in [4.69, 9.17) is 4.74 Å². The lowest BCUT2D eigenvalue weighted by molar-refractivity contribution is -0.121. The number of sulfone groups is 1. The fourth-order valence-electron chi connectivity index (χ4n) is 2.05. The Bertz CT molecular complexity index is 369. The van der Waals surface area contributed by atoms with Gasteiger partial charge in [-0.15, -0.1) is 0 Å². The zero-order chi connectivity index (χ0) is 13.6. The van der Waals surface area contributed by atoms with Crippen molar-refractivity contribution in [2.45, 2.75) is 31.1 Å². The van der Waals surface area contributed by atoms with E-state index in [1.165, 1.54) is 0 Å². The SMILES string of the molecule is COCC(C)NC(=O)CNCC1CCCS1(=O)=O. The number of methoxy groups -OCH3 is 1. The number of carbonyl (C=O) groups is 1. The number of ether oxygens (including phenoxy) is 1. The Balaban J connectivity index is 2.20. The molecule has 0 aromatic carbocycles. The normalized spacial score (nSPS) is 23.8. The maximum Gasteiger partial charge on any atom is 0.234 e. The van der Waals surface area contributed by atoms with Crippen molar-refractivity contribution in [1.82, 2.24) is 10.6 Å². The van der Waals surface area contributed by atoms with Gasteiger partial charge in [0.05, 0.1) is 24.2 Å². The summed E-state index contributed by atoms with van der Waals surface area (Å²) in [6.45, 7) is 2.81. The fraction of sp³-hybridized carbons (Fsp3) is 0.909. The molecule has 0 aromatic rings. The molecule has 1 aliphatic heterocycles. The van der Waals surface area contributed by atoms with Gasteiger partial charge in [-0.1, -0.05) is 0 Å². The van der Waals surface area contributed by atoms with Crippen molar-refractivity contribution < 1.29 is 17.9 Å². The number of hydrogen-bond donors (Lipinski definition) is 2. The van der Waals surface area contributed by atoms with E-state index in [-0.39, 0.29) is 29.5 Å². The molecule has 18 heavy (non-hydrogen) atoms. The zero-order valence-corrected chi connectivity index (χ0v) is 11.8. The lowest BCUT2D eigenvalue weighted by Gasteiger charge is -2.14. The summed E-state index contributed by atoms with van der Waals surface area (Å²) in [5.74, 6) is 0.131. The van der Waals surface area contributed by atoms with E-state index in [1.807, 2.05) is 6.92 Å². The van der Waals surface area contributed by atoms with Gasteiger partial charge < -0.3 is 15.4 Å². The molecule has 0 aromatic heterocycles. The Labute approximate surface area is 108 Å². The molecule has 1 heterocycles. The minimum Gasteiger partial charge on any atom is -0.383 e. The van der Waals surface area contributed by atoms with Crippen LogP contribution >= 0.6 is 0 Å². The summed E-state index contributed by atoms with van der Waals surface area (Å²) in [6.07, 6.45) is 1.42. The van der Waals surface area contributed by atoms with Gasteiger partial charge in [0.15, 0.2) is 9.84 Å². The van der Waals surface area contributed by atoms with E-state index in [0.717, 1.165) is 6.42 Å². The molecule has 0 aliphatic carbocycles. The predicted octanol–water partition coefficient (Wildman–Crippen LogP) is -0.696. The average Bonchev–Trinajstić information content (AvgIpc) is 2.58. The molecule has 1 aliphatic rings. The molecule has 106 valence electrons. The van der Waals surface area contributed by atoms with Gasteiger partial charge in [-0.25, -0.2) is 8.42 Å². The highest BCUT2D eigenvalue weighted by Crippen LogP contribution is 2.18. The first-order valence-electron chi connectivity index (χ1n) is 6.16. The predicted molar refractivity (Wildman–Crippen MR) is 69.2 cm³/mol. The van der Waals surface area contributed by atoms with Gasteiger partial charge in [0, 0.05) is 19.7 Å². The van der Waals surface area contributed by atoms with Crippen molar-refractivity contribution in [2.75, 3.05) is 32.6 Å². The first kappa shape index (κ1) is 15.4. The van der Waals surface area contributed by atoms with Gasteiger partial charge in [0.2, 0.25) is 5.91 Å². The quantitative estimate of drug-likeness (QED) is 0.643. The molecule has 1 saturated heterocycles. The molecule has 1 fully saturated rings. The second-order valence-corrected chi connectivity index (χ2v) is 7.09. The summed E-state index contributed by atoms with van der Waals surface area (Å²) < 4.78 is 28.0. The topological polar surface area (TPSA) is 84.5 Å². The first-order valence-corrected chi connectivity index (χ1v) is 7.88. The summed E-state index contributed by atoms with van der Waals surface area (Å²) in [4.78, 5) is 11.5. The van der Waals surface area contributed by atoms with Crippen molar-refractivity contribution in [2.24, 2.45) is 0 Å². The van der Waals surface area contributed by atoms with Crippen LogP contribution in [0.4, 0.5) is 0 Å². The van der Waals surface area contributed by atoms with Crippen LogP contribution in [0.2, 0.25) is 0 Å². The van der Waals surface area contributed by atoms with Crippen LogP contribution in [0, 0.1) is 0 Å². The van der Waals surface area contributed by atoms with E-state index >= 15 is 0 Å². The van der Waals surface area contributed by atoms with Gasteiger partial charge in [-0.2, -0.15) is 0 Å². The summed E-state index contributed by atoms with van der Waals surface area (Å²) in [6, 6.07) is -0.0421. The van der Waals surface area contributed by atoms with Crippen LogP contribution in [0.25, 0.3) is 0 Å². The van der Waals surface area contributed by atoms with E-state index in [0.29, 0.717) is 19.6 Å². The van der Waals surface area contributed by atoms with Crippen molar-refractivity contribution >= 4 is 15.7 Å². The molecule has 2 atom stereocenters. The highest BCUT2D eigenvalue weighted by Gasteiger charge is 2.30. The molecule has 0 saturated carbocycles. The van der Waals surface area contributed by atoms with E-state index in [2.05, 4.69) is 10.6 Å². The van der Waals surface area contributed by atoms with Gasteiger partial charge in [0.1, 0.15) is 0 Å². The Morgan fingerprint density at radius 1 is 1.50 bits per heavy atom. The van der Waals surface area contributed by atoms with Crippen LogP contribution in [-0.2, 0) is 19.4 Å². The number of hydrogen-bond acceptors (Lipinski definition) is 5.